The Morgan fingerprint density at radius 1 is 1.21 bits per heavy atom. The van der Waals surface area contributed by atoms with Gasteiger partial charge in [-0.15, -0.1) is 20.4 Å². The molecule has 0 aliphatic carbocycles. The standard InChI is InChI=1S/C7H5ClN4OS/c1-4-9-12-7(13-4)14-6-3-2-5(8)10-11-6/h2-3H,1H3. The number of aromatic nitrogens is 4. The topological polar surface area (TPSA) is 64.7 Å². The quantitative estimate of drug-likeness (QED) is 0.783. The van der Waals surface area contributed by atoms with E-state index in [0.717, 1.165) is 0 Å². The molecule has 0 aliphatic heterocycles. The van der Waals surface area contributed by atoms with E-state index >= 15 is 0 Å². The zero-order valence-electron chi connectivity index (χ0n) is 7.14. The maximum absolute atomic E-state index is 5.58. The first-order chi connectivity index (χ1) is 6.74. The van der Waals surface area contributed by atoms with E-state index in [-0.39, 0.29) is 0 Å². The predicted octanol–water partition coefficient (Wildman–Crippen LogP) is 1.97. The summed E-state index contributed by atoms with van der Waals surface area (Å²) >= 11 is 6.83. The van der Waals surface area contributed by atoms with E-state index in [1.54, 1.807) is 19.1 Å². The molecule has 0 aromatic carbocycles. The van der Waals surface area contributed by atoms with E-state index in [1.807, 2.05) is 0 Å². The van der Waals surface area contributed by atoms with E-state index in [0.29, 0.717) is 21.3 Å². The number of halogens is 1. The summed E-state index contributed by atoms with van der Waals surface area (Å²) < 4.78 is 5.16. The molecule has 0 saturated heterocycles. The first-order valence-corrected chi connectivity index (χ1v) is 4.91. The molecule has 0 N–H and O–H groups in total. The van der Waals surface area contributed by atoms with Crippen LogP contribution in [-0.2, 0) is 0 Å². The van der Waals surface area contributed by atoms with Crippen molar-refractivity contribution in [3.63, 3.8) is 0 Å². The second-order valence-electron chi connectivity index (χ2n) is 2.38. The van der Waals surface area contributed by atoms with Crippen LogP contribution in [0.25, 0.3) is 0 Å². The Labute approximate surface area is 88.9 Å². The Balaban J connectivity index is 2.15. The van der Waals surface area contributed by atoms with Gasteiger partial charge in [0, 0.05) is 6.92 Å². The lowest BCUT2D eigenvalue weighted by Crippen LogP contribution is -1.84. The molecule has 72 valence electrons. The summed E-state index contributed by atoms with van der Waals surface area (Å²) in [6, 6.07) is 3.39. The van der Waals surface area contributed by atoms with Gasteiger partial charge in [-0.3, -0.25) is 0 Å². The molecule has 2 heterocycles. The van der Waals surface area contributed by atoms with Crippen LogP contribution < -0.4 is 0 Å². The van der Waals surface area contributed by atoms with Crippen molar-refractivity contribution in [2.24, 2.45) is 0 Å². The highest BCUT2D eigenvalue weighted by molar-refractivity contribution is 7.99. The SMILES string of the molecule is Cc1nnc(Sc2ccc(Cl)nn2)o1. The fourth-order valence-corrected chi connectivity index (χ4v) is 1.51. The number of hydrogen-bond acceptors (Lipinski definition) is 6. The Morgan fingerprint density at radius 2 is 2.07 bits per heavy atom. The maximum Gasteiger partial charge on any atom is 0.282 e. The van der Waals surface area contributed by atoms with Crippen molar-refractivity contribution in [3.8, 4) is 0 Å². The molecular formula is C7H5ClN4OS. The first kappa shape index (κ1) is 9.42. The lowest BCUT2D eigenvalue weighted by molar-refractivity contribution is 0.429. The maximum atomic E-state index is 5.58. The zero-order valence-corrected chi connectivity index (χ0v) is 8.71. The van der Waals surface area contributed by atoms with Crippen LogP contribution in [0.2, 0.25) is 5.15 Å². The molecule has 7 heteroatoms. The lowest BCUT2D eigenvalue weighted by atomic mass is 10.6. The molecule has 0 saturated carbocycles. The van der Waals surface area contributed by atoms with Gasteiger partial charge >= 0.3 is 0 Å². The van der Waals surface area contributed by atoms with Gasteiger partial charge in [-0.25, -0.2) is 0 Å². The van der Waals surface area contributed by atoms with Crippen LogP contribution >= 0.6 is 23.4 Å². The van der Waals surface area contributed by atoms with Gasteiger partial charge < -0.3 is 4.42 Å². The number of rotatable bonds is 2. The van der Waals surface area contributed by atoms with Crippen LogP contribution in [0.3, 0.4) is 0 Å². The average molecular weight is 229 g/mol. The summed E-state index contributed by atoms with van der Waals surface area (Å²) in [4.78, 5) is 0. The van der Waals surface area contributed by atoms with Crippen molar-refractivity contribution in [1.29, 1.82) is 0 Å². The second-order valence-corrected chi connectivity index (χ2v) is 3.74. The van der Waals surface area contributed by atoms with Gasteiger partial charge in [0.25, 0.3) is 5.22 Å². The largest absolute Gasteiger partial charge is 0.416 e. The van der Waals surface area contributed by atoms with Crippen LogP contribution in [0.15, 0.2) is 26.8 Å². The Hall–Kier alpha value is -1.14. The van der Waals surface area contributed by atoms with Crippen LogP contribution in [0.1, 0.15) is 5.89 Å². The third-order valence-electron chi connectivity index (χ3n) is 1.31. The number of hydrogen-bond donors (Lipinski definition) is 0. The van der Waals surface area contributed by atoms with Gasteiger partial charge in [-0.1, -0.05) is 11.6 Å². The Bertz CT molecular complexity index is 430. The third-order valence-corrected chi connectivity index (χ3v) is 2.27. The predicted molar refractivity (Wildman–Crippen MR) is 50.2 cm³/mol. The fraction of sp³-hybridized carbons (Fsp3) is 0.143. The van der Waals surface area contributed by atoms with E-state index in [2.05, 4.69) is 20.4 Å². The minimum absolute atomic E-state index is 0.357. The van der Waals surface area contributed by atoms with Crippen LogP contribution in [0.5, 0.6) is 0 Å². The van der Waals surface area contributed by atoms with Crippen molar-refractivity contribution in [1.82, 2.24) is 20.4 Å². The number of aryl methyl sites for hydroxylation is 1. The summed E-state index contributed by atoms with van der Waals surface area (Å²) in [7, 11) is 0. The van der Waals surface area contributed by atoms with E-state index < -0.39 is 0 Å². The molecule has 2 rings (SSSR count). The highest BCUT2D eigenvalue weighted by Crippen LogP contribution is 2.23. The average Bonchev–Trinajstić information content (AvgIpc) is 2.56. The molecule has 0 fully saturated rings. The molecule has 0 radical (unpaired) electrons. The Morgan fingerprint density at radius 3 is 2.64 bits per heavy atom. The van der Waals surface area contributed by atoms with Gasteiger partial charge in [-0.05, 0) is 23.9 Å². The third kappa shape index (κ3) is 2.21. The van der Waals surface area contributed by atoms with Gasteiger partial charge in [0.05, 0.1) is 0 Å². The monoisotopic (exact) mass is 228 g/mol. The van der Waals surface area contributed by atoms with Crippen molar-refractivity contribution in [3.05, 3.63) is 23.2 Å². The molecule has 0 spiro atoms. The first-order valence-electron chi connectivity index (χ1n) is 3.71. The summed E-state index contributed by atoms with van der Waals surface area (Å²) in [6.07, 6.45) is 0. The van der Waals surface area contributed by atoms with Gasteiger partial charge in [0.15, 0.2) is 5.15 Å². The normalized spacial score (nSPS) is 10.4. The lowest BCUT2D eigenvalue weighted by Gasteiger charge is -1.92. The van der Waals surface area contributed by atoms with Crippen LogP contribution in [-0.4, -0.2) is 20.4 Å². The second kappa shape index (κ2) is 3.93. The van der Waals surface area contributed by atoms with Crippen molar-refractivity contribution in [2.45, 2.75) is 17.2 Å². The highest BCUT2D eigenvalue weighted by Gasteiger charge is 2.05. The zero-order chi connectivity index (χ0) is 9.97. The summed E-state index contributed by atoms with van der Waals surface area (Å²) in [5.74, 6) is 0.523. The molecule has 0 bridgehead atoms. The molecule has 0 amide bonds. The molecule has 14 heavy (non-hydrogen) atoms. The van der Waals surface area contributed by atoms with Gasteiger partial charge in [0.1, 0.15) is 5.03 Å². The summed E-state index contributed by atoms with van der Waals surface area (Å²) in [6.45, 7) is 1.73. The summed E-state index contributed by atoms with van der Waals surface area (Å²) in [5.41, 5.74) is 0. The molecule has 2 aromatic heterocycles. The van der Waals surface area contributed by atoms with E-state index in [9.17, 15) is 0 Å². The fourth-order valence-electron chi connectivity index (χ4n) is 0.767. The van der Waals surface area contributed by atoms with Crippen LogP contribution in [0, 0.1) is 6.92 Å². The Kier molecular flexibility index (Phi) is 2.64. The van der Waals surface area contributed by atoms with Crippen LogP contribution in [0.4, 0.5) is 0 Å². The van der Waals surface area contributed by atoms with Crippen molar-refractivity contribution >= 4 is 23.4 Å². The van der Waals surface area contributed by atoms with Gasteiger partial charge in [0.2, 0.25) is 5.89 Å². The molecule has 0 aliphatic rings. The van der Waals surface area contributed by atoms with E-state index in [1.165, 1.54) is 11.8 Å². The molecule has 0 atom stereocenters. The minimum Gasteiger partial charge on any atom is -0.416 e. The van der Waals surface area contributed by atoms with Crippen molar-refractivity contribution in [2.75, 3.05) is 0 Å². The number of nitrogens with zero attached hydrogens (tertiary/aromatic N) is 4. The molecule has 5 nitrogen and oxygen atoms in total. The van der Waals surface area contributed by atoms with Gasteiger partial charge in [-0.2, -0.15) is 0 Å². The molecule has 2 aromatic rings. The summed E-state index contributed by atoms with van der Waals surface area (Å²) in [5, 5.41) is 16.5. The highest BCUT2D eigenvalue weighted by atomic mass is 35.5. The molecular weight excluding hydrogens is 224 g/mol. The van der Waals surface area contributed by atoms with Crippen molar-refractivity contribution < 1.29 is 4.42 Å². The smallest absolute Gasteiger partial charge is 0.282 e. The van der Waals surface area contributed by atoms with E-state index in [4.69, 9.17) is 16.0 Å². The molecule has 0 unspecified atom stereocenters. The minimum atomic E-state index is 0.357.